The Kier molecular flexibility index (Phi) is 4.56. The molecule has 1 rings (SSSR count). The molecule has 0 aliphatic carbocycles. The van der Waals surface area contributed by atoms with Gasteiger partial charge in [-0.15, -0.1) is 0 Å². The van der Waals surface area contributed by atoms with Gasteiger partial charge in [0.25, 0.3) is 0 Å². The van der Waals surface area contributed by atoms with Crippen LogP contribution in [0.4, 0.5) is 0 Å². The summed E-state index contributed by atoms with van der Waals surface area (Å²) >= 11 is 0. The molecule has 0 bridgehead atoms. The molecule has 15 heavy (non-hydrogen) atoms. The van der Waals surface area contributed by atoms with Crippen LogP contribution in [0.2, 0.25) is 0 Å². The van der Waals surface area contributed by atoms with Gasteiger partial charge in [0.1, 0.15) is 0 Å². The zero-order valence-electron chi connectivity index (χ0n) is 10.8. The summed E-state index contributed by atoms with van der Waals surface area (Å²) in [4.78, 5) is 2.33. The second kappa shape index (κ2) is 5.28. The lowest BCUT2D eigenvalue weighted by Crippen LogP contribution is -2.49. The van der Waals surface area contributed by atoms with E-state index in [9.17, 15) is 0 Å². The van der Waals surface area contributed by atoms with Crippen LogP contribution in [0, 0.1) is 5.41 Å². The SMILES string of the molecule is CN(C)C(CC1COCCN1)C(C)(C)C. The summed E-state index contributed by atoms with van der Waals surface area (Å²) in [5.74, 6) is 0. The molecule has 0 aromatic carbocycles. The maximum Gasteiger partial charge on any atom is 0.0620 e. The third kappa shape index (κ3) is 4.09. The minimum atomic E-state index is 0.322. The van der Waals surface area contributed by atoms with E-state index in [-0.39, 0.29) is 0 Å². The van der Waals surface area contributed by atoms with Crippen LogP contribution in [0.25, 0.3) is 0 Å². The maximum absolute atomic E-state index is 5.49. The molecule has 1 N–H and O–H groups in total. The molecule has 0 spiro atoms. The van der Waals surface area contributed by atoms with Crippen LogP contribution in [0.3, 0.4) is 0 Å². The highest BCUT2D eigenvalue weighted by Gasteiger charge is 2.29. The van der Waals surface area contributed by atoms with Crippen LogP contribution in [-0.4, -0.2) is 50.8 Å². The Morgan fingerprint density at radius 3 is 2.47 bits per heavy atom. The van der Waals surface area contributed by atoms with Gasteiger partial charge in [0, 0.05) is 18.6 Å². The van der Waals surface area contributed by atoms with Crippen molar-refractivity contribution in [3.63, 3.8) is 0 Å². The Labute approximate surface area is 94.2 Å². The summed E-state index contributed by atoms with van der Waals surface area (Å²) in [7, 11) is 4.33. The van der Waals surface area contributed by atoms with E-state index < -0.39 is 0 Å². The van der Waals surface area contributed by atoms with Crippen LogP contribution in [-0.2, 0) is 4.74 Å². The van der Waals surface area contributed by atoms with Gasteiger partial charge in [-0.05, 0) is 25.9 Å². The predicted molar refractivity (Wildman–Crippen MR) is 64.2 cm³/mol. The van der Waals surface area contributed by atoms with E-state index in [1.807, 2.05) is 0 Å². The van der Waals surface area contributed by atoms with Crippen molar-refractivity contribution in [3.8, 4) is 0 Å². The first-order chi connectivity index (χ1) is 6.91. The van der Waals surface area contributed by atoms with E-state index in [0.717, 1.165) is 26.2 Å². The van der Waals surface area contributed by atoms with Gasteiger partial charge >= 0.3 is 0 Å². The Balaban J connectivity index is 2.50. The lowest BCUT2D eigenvalue weighted by atomic mass is 9.82. The highest BCUT2D eigenvalue weighted by atomic mass is 16.5. The molecule has 0 saturated carbocycles. The number of nitrogens with one attached hydrogen (secondary N) is 1. The van der Waals surface area contributed by atoms with Gasteiger partial charge < -0.3 is 15.0 Å². The van der Waals surface area contributed by atoms with E-state index in [2.05, 4.69) is 45.1 Å². The molecular weight excluding hydrogens is 188 g/mol. The van der Waals surface area contributed by atoms with Crippen molar-refractivity contribution in [1.82, 2.24) is 10.2 Å². The Bertz CT molecular complexity index is 181. The number of ether oxygens (including phenoxy) is 1. The van der Waals surface area contributed by atoms with E-state index in [1.54, 1.807) is 0 Å². The van der Waals surface area contributed by atoms with E-state index in [1.165, 1.54) is 0 Å². The summed E-state index contributed by atoms with van der Waals surface area (Å²) < 4.78 is 5.49. The molecule has 90 valence electrons. The fraction of sp³-hybridized carbons (Fsp3) is 1.00. The molecular formula is C12H26N2O. The van der Waals surface area contributed by atoms with Crippen LogP contribution in [0.5, 0.6) is 0 Å². The molecule has 0 aromatic rings. The molecule has 0 radical (unpaired) electrons. The average molecular weight is 214 g/mol. The minimum Gasteiger partial charge on any atom is -0.379 e. The minimum absolute atomic E-state index is 0.322. The second-order valence-electron chi connectivity index (χ2n) is 5.81. The smallest absolute Gasteiger partial charge is 0.0620 e. The summed E-state index contributed by atoms with van der Waals surface area (Å²) in [6.45, 7) is 9.64. The van der Waals surface area contributed by atoms with E-state index in [4.69, 9.17) is 4.74 Å². The first kappa shape index (κ1) is 12.9. The van der Waals surface area contributed by atoms with Crippen LogP contribution < -0.4 is 5.32 Å². The number of nitrogens with zero attached hydrogens (tertiary/aromatic N) is 1. The fourth-order valence-electron chi connectivity index (χ4n) is 2.38. The summed E-state index contributed by atoms with van der Waals surface area (Å²) in [6, 6.07) is 1.11. The number of hydrogen-bond donors (Lipinski definition) is 1. The van der Waals surface area contributed by atoms with Crippen LogP contribution in [0.15, 0.2) is 0 Å². The summed E-state index contributed by atoms with van der Waals surface area (Å²) in [5, 5.41) is 3.52. The molecule has 0 amide bonds. The van der Waals surface area contributed by atoms with E-state index in [0.29, 0.717) is 17.5 Å². The molecule has 1 fully saturated rings. The van der Waals surface area contributed by atoms with Gasteiger partial charge in [-0.2, -0.15) is 0 Å². The summed E-state index contributed by atoms with van der Waals surface area (Å²) in [5.41, 5.74) is 0.322. The topological polar surface area (TPSA) is 24.5 Å². The molecule has 0 aromatic heterocycles. The van der Waals surface area contributed by atoms with Crippen molar-refractivity contribution >= 4 is 0 Å². The van der Waals surface area contributed by atoms with Gasteiger partial charge in [-0.25, -0.2) is 0 Å². The van der Waals surface area contributed by atoms with Crippen molar-refractivity contribution in [2.45, 2.75) is 39.3 Å². The lowest BCUT2D eigenvalue weighted by molar-refractivity contribution is 0.0494. The molecule has 2 atom stereocenters. The fourth-order valence-corrected chi connectivity index (χ4v) is 2.38. The molecule has 3 nitrogen and oxygen atoms in total. The zero-order chi connectivity index (χ0) is 11.5. The maximum atomic E-state index is 5.49. The molecule has 1 saturated heterocycles. The van der Waals surface area contributed by atoms with Crippen molar-refractivity contribution in [2.75, 3.05) is 33.9 Å². The largest absolute Gasteiger partial charge is 0.379 e. The summed E-state index contributed by atoms with van der Waals surface area (Å²) in [6.07, 6.45) is 1.16. The lowest BCUT2D eigenvalue weighted by Gasteiger charge is -2.39. The van der Waals surface area contributed by atoms with Gasteiger partial charge in [0.15, 0.2) is 0 Å². The van der Waals surface area contributed by atoms with Crippen molar-refractivity contribution < 1.29 is 4.74 Å². The van der Waals surface area contributed by atoms with Crippen molar-refractivity contribution in [1.29, 1.82) is 0 Å². The zero-order valence-corrected chi connectivity index (χ0v) is 10.8. The Morgan fingerprint density at radius 2 is 2.07 bits per heavy atom. The molecule has 1 heterocycles. The highest BCUT2D eigenvalue weighted by molar-refractivity contribution is 4.85. The van der Waals surface area contributed by atoms with Crippen LogP contribution in [0.1, 0.15) is 27.2 Å². The second-order valence-corrected chi connectivity index (χ2v) is 5.81. The van der Waals surface area contributed by atoms with Crippen molar-refractivity contribution in [3.05, 3.63) is 0 Å². The molecule has 1 aliphatic rings. The normalized spacial score (nSPS) is 25.6. The van der Waals surface area contributed by atoms with Gasteiger partial charge in [0.05, 0.1) is 13.2 Å². The van der Waals surface area contributed by atoms with Gasteiger partial charge in [-0.1, -0.05) is 20.8 Å². The van der Waals surface area contributed by atoms with Gasteiger partial charge in [0.2, 0.25) is 0 Å². The number of morpholine rings is 1. The standard InChI is InChI=1S/C12H26N2O/c1-12(2,3)11(14(4)5)8-10-9-15-7-6-13-10/h10-11,13H,6-9H2,1-5H3. The molecule has 3 heteroatoms. The average Bonchev–Trinajstić information content (AvgIpc) is 2.13. The van der Waals surface area contributed by atoms with Gasteiger partial charge in [-0.3, -0.25) is 0 Å². The third-order valence-electron chi connectivity index (χ3n) is 3.13. The molecule has 2 unspecified atom stereocenters. The Morgan fingerprint density at radius 1 is 1.40 bits per heavy atom. The monoisotopic (exact) mass is 214 g/mol. The predicted octanol–water partition coefficient (Wildman–Crippen LogP) is 1.34. The van der Waals surface area contributed by atoms with Crippen LogP contribution >= 0.6 is 0 Å². The third-order valence-corrected chi connectivity index (χ3v) is 3.13. The number of rotatable bonds is 3. The Hall–Kier alpha value is -0.120. The first-order valence-corrected chi connectivity index (χ1v) is 5.89. The quantitative estimate of drug-likeness (QED) is 0.767. The molecule has 1 aliphatic heterocycles. The van der Waals surface area contributed by atoms with Crippen molar-refractivity contribution in [2.24, 2.45) is 5.41 Å². The first-order valence-electron chi connectivity index (χ1n) is 5.89. The number of hydrogen-bond acceptors (Lipinski definition) is 3. The highest BCUT2D eigenvalue weighted by Crippen LogP contribution is 2.26. The van der Waals surface area contributed by atoms with E-state index >= 15 is 0 Å².